The summed E-state index contributed by atoms with van der Waals surface area (Å²) in [4.78, 5) is 15.4. The van der Waals surface area contributed by atoms with Crippen molar-refractivity contribution in [2.24, 2.45) is 0 Å². The second-order valence-corrected chi connectivity index (χ2v) is 5.18. The Morgan fingerprint density at radius 1 is 1.35 bits per heavy atom. The topological polar surface area (TPSA) is 35.6 Å². The van der Waals surface area contributed by atoms with Gasteiger partial charge in [-0.25, -0.2) is 9.18 Å². The van der Waals surface area contributed by atoms with Gasteiger partial charge < -0.3 is 15.1 Å². The summed E-state index contributed by atoms with van der Waals surface area (Å²) in [5, 5.41) is 3.34. The van der Waals surface area contributed by atoms with Crippen LogP contribution in [0.3, 0.4) is 0 Å². The number of likely N-dealkylation sites (N-methyl/N-ethyl adjacent to an activating group) is 1. The largest absolute Gasteiger partial charge is 0.326 e. The zero-order chi connectivity index (χ0) is 14.5. The number of carbonyl (C=O) groups excluding carboxylic acids is 1. The first kappa shape index (κ1) is 14.8. The fraction of sp³-hybridized carbons (Fsp3) is 0.533. The van der Waals surface area contributed by atoms with Crippen molar-refractivity contribution in [3.63, 3.8) is 0 Å². The van der Waals surface area contributed by atoms with Gasteiger partial charge in [-0.2, -0.15) is 0 Å². The number of hydrogen-bond donors (Lipinski definition) is 1. The third kappa shape index (κ3) is 3.28. The van der Waals surface area contributed by atoms with Crippen molar-refractivity contribution in [2.45, 2.75) is 19.4 Å². The van der Waals surface area contributed by atoms with Crippen LogP contribution in [0.25, 0.3) is 0 Å². The van der Waals surface area contributed by atoms with E-state index in [0.29, 0.717) is 18.7 Å². The lowest BCUT2D eigenvalue weighted by Gasteiger charge is -2.25. The summed E-state index contributed by atoms with van der Waals surface area (Å²) in [6, 6.07) is 6.62. The van der Waals surface area contributed by atoms with Gasteiger partial charge >= 0.3 is 6.03 Å². The number of rotatable bonds is 6. The molecule has 5 heteroatoms. The first-order valence-electron chi connectivity index (χ1n) is 7.11. The van der Waals surface area contributed by atoms with Crippen molar-refractivity contribution < 1.29 is 9.18 Å². The van der Waals surface area contributed by atoms with Crippen LogP contribution < -0.4 is 5.32 Å². The van der Waals surface area contributed by atoms with Gasteiger partial charge in [-0.3, -0.25) is 0 Å². The summed E-state index contributed by atoms with van der Waals surface area (Å²) in [6.45, 7) is 4.81. The molecule has 1 N–H and O–H groups in total. The monoisotopic (exact) mass is 279 g/mol. The van der Waals surface area contributed by atoms with Gasteiger partial charge in [0.05, 0.1) is 6.04 Å². The average molecular weight is 279 g/mol. The Balaban J connectivity index is 2.12. The molecular weight excluding hydrogens is 257 g/mol. The van der Waals surface area contributed by atoms with Gasteiger partial charge in [-0.15, -0.1) is 0 Å². The number of benzene rings is 1. The maximum absolute atomic E-state index is 14.0. The Labute approximate surface area is 119 Å². The lowest BCUT2D eigenvalue weighted by Crippen LogP contribution is -2.38. The van der Waals surface area contributed by atoms with E-state index in [0.717, 1.165) is 19.5 Å². The van der Waals surface area contributed by atoms with E-state index >= 15 is 0 Å². The SMILES string of the molecule is CCCNC(CN1CCN(C)C1=O)c1ccccc1F. The van der Waals surface area contributed by atoms with Crippen LogP contribution in [0.1, 0.15) is 24.9 Å². The van der Waals surface area contributed by atoms with Crippen molar-refractivity contribution >= 4 is 6.03 Å². The van der Waals surface area contributed by atoms with E-state index in [1.165, 1.54) is 6.07 Å². The molecular formula is C15H22FN3O. The van der Waals surface area contributed by atoms with Crippen LogP contribution in [0.2, 0.25) is 0 Å². The number of halogens is 1. The van der Waals surface area contributed by atoms with E-state index < -0.39 is 0 Å². The molecule has 1 heterocycles. The third-order valence-corrected chi connectivity index (χ3v) is 3.63. The molecule has 0 aliphatic carbocycles. The first-order chi connectivity index (χ1) is 9.63. The molecule has 1 unspecified atom stereocenters. The molecule has 1 fully saturated rings. The van der Waals surface area contributed by atoms with E-state index in [1.54, 1.807) is 29.0 Å². The van der Waals surface area contributed by atoms with Crippen molar-refractivity contribution in [3.8, 4) is 0 Å². The van der Waals surface area contributed by atoms with Crippen LogP contribution in [0.5, 0.6) is 0 Å². The molecule has 2 rings (SSSR count). The summed E-state index contributed by atoms with van der Waals surface area (Å²) in [5.74, 6) is -0.221. The number of nitrogens with one attached hydrogen (secondary N) is 1. The van der Waals surface area contributed by atoms with Gasteiger partial charge in [-0.1, -0.05) is 25.1 Å². The molecule has 0 bridgehead atoms. The van der Waals surface area contributed by atoms with Crippen molar-refractivity contribution in [3.05, 3.63) is 35.6 Å². The van der Waals surface area contributed by atoms with Gasteiger partial charge in [0.25, 0.3) is 0 Å². The smallest absolute Gasteiger partial charge is 0.319 e. The van der Waals surface area contributed by atoms with Crippen LogP contribution in [-0.4, -0.2) is 49.1 Å². The van der Waals surface area contributed by atoms with E-state index in [-0.39, 0.29) is 17.9 Å². The van der Waals surface area contributed by atoms with E-state index in [1.807, 2.05) is 6.07 Å². The van der Waals surface area contributed by atoms with E-state index in [4.69, 9.17) is 0 Å². The van der Waals surface area contributed by atoms with Gasteiger partial charge in [0.2, 0.25) is 0 Å². The minimum atomic E-state index is -0.221. The molecule has 20 heavy (non-hydrogen) atoms. The van der Waals surface area contributed by atoms with Crippen molar-refractivity contribution in [1.82, 2.24) is 15.1 Å². The quantitative estimate of drug-likeness (QED) is 0.867. The Kier molecular flexibility index (Phi) is 4.95. The average Bonchev–Trinajstić information content (AvgIpc) is 2.76. The zero-order valence-corrected chi connectivity index (χ0v) is 12.1. The summed E-state index contributed by atoms with van der Waals surface area (Å²) >= 11 is 0. The fourth-order valence-corrected chi connectivity index (χ4v) is 2.44. The lowest BCUT2D eigenvalue weighted by atomic mass is 10.1. The zero-order valence-electron chi connectivity index (χ0n) is 12.1. The summed E-state index contributed by atoms with van der Waals surface area (Å²) in [6.07, 6.45) is 0.971. The summed E-state index contributed by atoms with van der Waals surface area (Å²) in [7, 11) is 1.79. The van der Waals surface area contributed by atoms with Crippen molar-refractivity contribution in [1.29, 1.82) is 0 Å². The Hall–Kier alpha value is -1.62. The molecule has 4 nitrogen and oxygen atoms in total. The molecule has 1 saturated heterocycles. The predicted octanol–water partition coefficient (Wildman–Crippen LogP) is 2.23. The van der Waals surface area contributed by atoms with Gasteiger partial charge in [0.1, 0.15) is 5.82 Å². The normalized spacial score (nSPS) is 16.9. The third-order valence-electron chi connectivity index (χ3n) is 3.63. The molecule has 1 aromatic rings. The molecule has 2 amide bonds. The first-order valence-corrected chi connectivity index (χ1v) is 7.11. The van der Waals surface area contributed by atoms with Crippen LogP contribution in [0.15, 0.2) is 24.3 Å². The predicted molar refractivity (Wildman–Crippen MR) is 77.0 cm³/mol. The minimum absolute atomic E-state index is 0.0182. The van der Waals surface area contributed by atoms with Gasteiger partial charge in [0, 0.05) is 32.2 Å². The van der Waals surface area contributed by atoms with Gasteiger partial charge in [-0.05, 0) is 19.0 Å². The summed E-state index contributed by atoms with van der Waals surface area (Å²) < 4.78 is 14.0. The molecule has 110 valence electrons. The van der Waals surface area contributed by atoms with Crippen LogP contribution in [-0.2, 0) is 0 Å². The Bertz CT molecular complexity index is 466. The maximum atomic E-state index is 14.0. The standard InChI is InChI=1S/C15H22FN3O/c1-3-8-17-14(12-6-4-5-7-13(12)16)11-19-10-9-18(2)15(19)20/h4-7,14,17H,3,8-11H2,1-2H3. The molecule has 0 saturated carbocycles. The van der Waals surface area contributed by atoms with E-state index in [2.05, 4.69) is 12.2 Å². The minimum Gasteiger partial charge on any atom is -0.326 e. The molecule has 1 aliphatic rings. The highest BCUT2D eigenvalue weighted by Crippen LogP contribution is 2.20. The van der Waals surface area contributed by atoms with Gasteiger partial charge in [0.15, 0.2) is 0 Å². The van der Waals surface area contributed by atoms with Crippen LogP contribution in [0.4, 0.5) is 9.18 Å². The van der Waals surface area contributed by atoms with Crippen molar-refractivity contribution in [2.75, 3.05) is 33.2 Å². The highest BCUT2D eigenvalue weighted by atomic mass is 19.1. The molecule has 0 spiro atoms. The second kappa shape index (κ2) is 6.70. The second-order valence-electron chi connectivity index (χ2n) is 5.18. The molecule has 1 aromatic carbocycles. The fourth-order valence-electron chi connectivity index (χ4n) is 2.44. The van der Waals surface area contributed by atoms with E-state index in [9.17, 15) is 9.18 Å². The highest BCUT2D eigenvalue weighted by molar-refractivity contribution is 5.76. The molecule has 1 aliphatic heterocycles. The molecule has 0 radical (unpaired) electrons. The van der Waals surface area contributed by atoms with Crippen LogP contribution in [0, 0.1) is 5.82 Å². The number of nitrogens with zero attached hydrogens (tertiary/aromatic N) is 2. The number of urea groups is 1. The molecule has 1 atom stereocenters. The number of amides is 2. The maximum Gasteiger partial charge on any atom is 0.319 e. The Morgan fingerprint density at radius 2 is 2.10 bits per heavy atom. The number of carbonyl (C=O) groups is 1. The molecule has 0 aromatic heterocycles. The summed E-state index contributed by atoms with van der Waals surface area (Å²) in [5.41, 5.74) is 0.628. The highest BCUT2D eigenvalue weighted by Gasteiger charge is 2.28. The van der Waals surface area contributed by atoms with Crippen LogP contribution >= 0.6 is 0 Å². The Morgan fingerprint density at radius 3 is 2.70 bits per heavy atom. The number of hydrogen-bond acceptors (Lipinski definition) is 2. The lowest BCUT2D eigenvalue weighted by molar-refractivity contribution is 0.193.